The van der Waals surface area contributed by atoms with Gasteiger partial charge < -0.3 is 4.90 Å². The number of hydrogen-bond acceptors (Lipinski definition) is 1. The Labute approximate surface area is 102 Å². The van der Waals surface area contributed by atoms with Crippen LogP contribution in [0.2, 0.25) is 0 Å². The molecule has 94 valence electrons. The van der Waals surface area contributed by atoms with Crippen LogP contribution in [0.25, 0.3) is 0 Å². The fourth-order valence-electron chi connectivity index (χ4n) is 2.39. The van der Waals surface area contributed by atoms with Crippen LogP contribution in [0.1, 0.15) is 59.3 Å². The van der Waals surface area contributed by atoms with Crippen LogP contribution in [0.15, 0.2) is 11.6 Å². The number of piperidine rings is 1. The third-order valence-corrected chi connectivity index (χ3v) is 3.60. The summed E-state index contributed by atoms with van der Waals surface area (Å²) in [6, 6.07) is 0. The van der Waals surface area contributed by atoms with Gasteiger partial charge in [-0.2, -0.15) is 0 Å². The van der Waals surface area contributed by atoms with E-state index in [0.29, 0.717) is 0 Å². The highest BCUT2D eigenvalue weighted by atomic mass is 15.1. The van der Waals surface area contributed by atoms with E-state index < -0.39 is 0 Å². The minimum absolute atomic E-state index is 0.887. The molecule has 1 aliphatic rings. The fraction of sp³-hybridized carbons (Fsp3) is 0.867. The Morgan fingerprint density at radius 1 is 1.12 bits per heavy atom. The van der Waals surface area contributed by atoms with Crippen molar-refractivity contribution in [3.8, 4) is 0 Å². The molecule has 1 saturated heterocycles. The second-order valence-corrected chi connectivity index (χ2v) is 5.65. The van der Waals surface area contributed by atoms with E-state index >= 15 is 0 Å². The zero-order chi connectivity index (χ0) is 11.8. The van der Waals surface area contributed by atoms with Gasteiger partial charge in [0.15, 0.2) is 0 Å². The first-order valence-electron chi connectivity index (χ1n) is 7.04. The summed E-state index contributed by atoms with van der Waals surface area (Å²) in [5.74, 6) is 0.887. The third-order valence-electron chi connectivity index (χ3n) is 3.60. The Hall–Kier alpha value is -0.300. The molecule has 0 N–H and O–H groups in total. The van der Waals surface area contributed by atoms with Crippen molar-refractivity contribution in [2.24, 2.45) is 5.92 Å². The van der Waals surface area contributed by atoms with Gasteiger partial charge in [0.1, 0.15) is 0 Å². The van der Waals surface area contributed by atoms with E-state index in [4.69, 9.17) is 0 Å². The molecular formula is C15H29N. The lowest BCUT2D eigenvalue weighted by molar-refractivity contribution is 0.213. The summed E-state index contributed by atoms with van der Waals surface area (Å²) in [6.45, 7) is 10.8. The summed E-state index contributed by atoms with van der Waals surface area (Å²) in [6.07, 6.45) is 10.7. The molecule has 0 aromatic heterocycles. The van der Waals surface area contributed by atoms with Crippen LogP contribution in [0, 0.1) is 5.92 Å². The molecule has 1 nitrogen and oxygen atoms in total. The molecule has 1 atom stereocenters. The molecule has 0 radical (unpaired) electrons. The molecule has 0 bridgehead atoms. The van der Waals surface area contributed by atoms with E-state index in [-0.39, 0.29) is 0 Å². The maximum absolute atomic E-state index is 2.65. The second-order valence-electron chi connectivity index (χ2n) is 5.65. The lowest BCUT2D eigenvalue weighted by Crippen LogP contribution is -2.31. The van der Waals surface area contributed by atoms with Crippen LogP contribution in [-0.4, -0.2) is 24.5 Å². The zero-order valence-corrected chi connectivity index (χ0v) is 11.5. The van der Waals surface area contributed by atoms with Gasteiger partial charge in [-0.25, -0.2) is 0 Å². The highest BCUT2D eigenvalue weighted by Crippen LogP contribution is 2.15. The van der Waals surface area contributed by atoms with Crippen LogP contribution in [0.4, 0.5) is 0 Å². The van der Waals surface area contributed by atoms with Crippen molar-refractivity contribution in [3.63, 3.8) is 0 Å². The van der Waals surface area contributed by atoms with Crippen molar-refractivity contribution in [3.05, 3.63) is 11.6 Å². The average molecular weight is 223 g/mol. The average Bonchev–Trinajstić information content (AvgIpc) is 2.27. The van der Waals surface area contributed by atoms with E-state index in [9.17, 15) is 0 Å². The predicted octanol–water partition coefficient (Wildman–Crippen LogP) is 4.24. The topological polar surface area (TPSA) is 3.24 Å². The van der Waals surface area contributed by atoms with Crippen molar-refractivity contribution in [2.75, 3.05) is 19.6 Å². The van der Waals surface area contributed by atoms with Gasteiger partial charge in [0, 0.05) is 0 Å². The fourth-order valence-corrected chi connectivity index (χ4v) is 2.39. The van der Waals surface area contributed by atoms with Gasteiger partial charge >= 0.3 is 0 Å². The first-order chi connectivity index (χ1) is 7.68. The molecule has 1 aliphatic heterocycles. The molecular weight excluding hydrogens is 194 g/mol. The standard InChI is InChI=1S/C15H29N/c1-14(2)8-7-9-15(3)10-13-16-11-5-4-6-12-16/h8,15H,4-7,9-13H2,1-3H3. The molecule has 1 unspecified atom stereocenters. The van der Waals surface area contributed by atoms with Gasteiger partial charge in [0.25, 0.3) is 0 Å². The highest BCUT2D eigenvalue weighted by molar-refractivity contribution is 4.92. The molecule has 0 spiro atoms. The molecule has 1 fully saturated rings. The van der Waals surface area contributed by atoms with Gasteiger partial charge in [0.05, 0.1) is 0 Å². The lowest BCUT2D eigenvalue weighted by Gasteiger charge is -2.27. The quantitative estimate of drug-likeness (QED) is 0.609. The third kappa shape index (κ3) is 6.32. The Kier molecular flexibility index (Phi) is 6.79. The molecule has 1 heteroatoms. The molecule has 0 aromatic carbocycles. The SMILES string of the molecule is CC(C)=CCCC(C)CCN1CCCCC1. The summed E-state index contributed by atoms with van der Waals surface area (Å²) >= 11 is 0. The first kappa shape index (κ1) is 13.8. The van der Waals surface area contributed by atoms with E-state index in [0.717, 1.165) is 5.92 Å². The molecule has 1 heterocycles. The Morgan fingerprint density at radius 2 is 1.81 bits per heavy atom. The van der Waals surface area contributed by atoms with Crippen molar-refractivity contribution >= 4 is 0 Å². The molecule has 16 heavy (non-hydrogen) atoms. The molecule has 0 saturated carbocycles. The molecule has 0 aliphatic carbocycles. The lowest BCUT2D eigenvalue weighted by atomic mass is 10.00. The summed E-state index contributed by atoms with van der Waals surface area (Å²) in [5.41, 5.74) is 1.46. The van der Waals surface area contributed by atoms with E-state index in [1.807, 2.05) is 0 Å². The van der Waals surface area contributed by atoms with Crippen molar-refractivity contribution in [1.29, 1.82) is 0 Å². The van der Waals surface area contributed by atoms with Gasteiger partial charge in [-0.3, -0.25) is 0 Å². The molecule has 0 aromatic rings. The predicted molar refractivity (Wildman–Crippen MR) is 72.7 cm³/mol. The summed E-state index contributed by atoms with van der Waals surface area (Å²) in [4.78, 5) is 2.65. The minimum atomic E-state index is 0.887. The van der Waals surface area contributed by atoms with Gasteiger partial charge in [-0.05, 0) is 71.5 Å². The summed E-state index contributed by atoms with van der Waals surface area (Å²) in [7, 11) is 0. The maximum atomic E-state index is 2.65. The van der Waals surface area contributed by atoms with Crippen molar-refractivity contribution < 1.29 is 0 Å². The smallest absolute Gasteiger partial charge is 0.00162 e. The Bertz CT molecular complexity index is 197. The van der Waals surface area contributed by atoms with Gasteiger partial charge in [-0.15, -0.1) is 0 Å². The Morgan fingerprint density at radius 3 is 2.44 bits per heavy atom. The largest absolute Gasteiger partial charge is 0.303 e. The molecule has 1 rings (SSSR count). The first-order valence-corrected chi connectivity index (χ1v) is 7.04. The van der Waals surface area contributed by atoms with Crippen LogP contribution < -0.4 is 0 Å². The van der Waals surface area contributed by atoms with Crippen LogP contribution >= 0.6 is 0 Å². The Balaban J connectivity index is 2.04. The number of likely N-dealkylation sites (tertiary alicyclic amines) is 1. The number of hydrogen-bond donors (Lipinski definition) is 0. The van der Waals surface area contributed by atoms with E-state index in [1.54, 1.807) is 0 Å². The van der Waals surface area contributed by atoms with E-state index in [2.05, 4.69) is 31.7 Å². The monoisotopic (exact) mass is 223 g/mol. The minimum Gasteiger partial charge on any atom is -0.303 e. The highest BCUT2D eigenvalue weighted by Gasteiger charge is 2.10. The second kappa shape index (κ2) is 7.89. The van der Waals surface area contributed by atoms with Crippen LogP contribution in [0.3, 0.4) is 0 Å². The summed E-state index contributed by atoms with van der Waals surface area (Å²) in [5, 5.41) is 0. The number of allylic oxidation sites excluding steroid dienone is 2. The number of nitrogens with zero attached hydrogens (tertiary/aromatic N) is 1. The summed E-state index contributed by atoms with van der Waals surface area (Å²) < 4.78 is 0. The maximum Gasteiger partial charge on any atom is -0.00162 e. The normalized spacial score (nSPS) is 19.4. The van der Waals surface area contributed by atoms with Gasteiger partial charge in [-0.1, -0.05) is 25.0 Å². The molecule has 0 amide bonds. The van der Waals surface area contributed by atoms with Crippen molar-refractivity contribution in [1.82, 2.24) is 4.90 Å². The van der Waals surface area contributed by atoms with E-state index in [1.165, 1.54) is 63.7 Å². The van der Waals surface area contributed by atoms with Crippen molar-refractivity contribution in [2.45, 2.75) is 59.3 Å². The van der Waals surface area contributed by atoms with Crippen LogP contribution in [-0.2, 0) is 0 Å². The zero-order valence-electron chi connectivity index (χ0n) is 11.5. The number of rotatable bonds is 6. The van der Waals surface area contributed by atoms with Gasteiger partial charge in [0.2, 0.25) is 0 Å². The van der Waals surface area contributed by atoms with Crippen LogP contribution in [0.5, 0.6) is 0 Å².